The van der Waals surface area contributed by atoms with Gasteiger partial charge in [-0.15, -0.1) is 0 Å². The number of hydrogen-bond acceptors (Lipinski definition) is 5. The van der Waals surface area contributed by atoms with Gasteiger partial charge < -0.3 is 5.11 Å². The molecule has 0 aliphatic rings. The summed E-state index contributed by atoms with van der Waals surface area (Å²) in [6.45, 7) is 1.38. The van der Waals surface area contributed by atoms with E-state index in [0.29, 0.717) is 0 Å². The molecule has 0 heterocycles. The van der Waals surface area contributed by atoms with Crippen LogP contribution >= 0.6 is 0 Å². The quantitative estimate of drug-likeness (QED) is 0.721. The first-order chi connectivity index (χ1) is 8.91. The van der Waals surface area contributed by atoms with Gasteiger partial charge in [-0.2, -0.15) is 0 Å². The van der Waals surface area contributed by atoms with E-state index < -0.39 is 26.0 Å². The summed E-state index contributed by atoms with van der Waals surface area (Å²) in [6, 6.07) is 2.38. The number of anilines is 2. The minimum Gasteiger partial charge on any atom is -0.478 e. The highest BCUT2D eigenvalue weighted by Crippen LogP contribution is 2.30. The average molecular weight is 322 g/mol. The van der Waals surface area contributed by atoms with Gasteiger partial charge in [-0.3, -0.25) is 9.44 Å². The number of carboxylic acid groups (broad SMARTS) is 1. The third-order valence-electron chi connectivity index (χ3n) is 2.28. The van der Waals surface area contributed by atoms with Gasteiger partial charge in [-0.05, 0) is 24.6 Å². The van der Waals surface area contributed by atoms with Gasteiger partial charge in [0.15, 0.2) is 0 Å². The lowest BCUT2D eigenvalue weighted by Crippen LogP contribution is -2.17. The Balaban J connectivity index is 3.53. The molecule has 0 aromatic heterocycles. The van der Waals surface area contributed by atoms with Gasteiger partial charge in [0.25, 0.3) is 0 Å². The van der Waals surface area contributed by atoms with E-state index in [2.05, 4.69) is 9.44 Å². The second-order valence-electron chi connectivity index (χ2n) is 4.21. The normalized spacial score (nSPS) is 11.9. The third-order valence-corrected chi connectivity index (χ3v) is 3.44. The van der Waals surface area contributed by atoms with Crippen LogP contribution in [0.2, 0.25) is 0 Å². The largest absolute Gasteiger partial charge is 0.478 e. The molecule has 1 aromatic rings. The molecule has 0 aliphatic carbocycles. The van der Waals surface area contributed by atoms with E-state index in [-0.39, 0.29) is 22.5 Å². The predicted octanol–water partition coefficient (Wildman–Crippen LogP) is 0.436. The van der Waals surface area contributed by atoms with E-state index in [0.717, 1.165) is 12.5 Å². The Labute approximate surface area is 116 Å². The van der Waals surface area contributed by atoms with Crippen molar-refractivity contribution in [1.82, 2.24) is 0 Å². The lowest BCUT2D eigenvalue weighted by Gasteiger charge is -2.16. The van der Waals surface area contributed by atoms with E-state index in [1.165, 1.54) is 19.1 Å². The van der Waals surface area contributed by atoms with Crippen LogP contribution in [0, 0.1) is 6.92 Å². The molecule has 0 saturated carbocycles. The molecule has 0 bridgehead atoms. The minimum atomic E-state index is -3.70. The zero-order valence-corrected chi connectivity index (χ0v) is 12.6. The SMILES string of the molecule is Cc1c(C(=O)O)ccc(NS(C)(=O)=O)c1NS(C)(=O)=O. The second kappa shape index (κ2) is 5.29. The predicted molar refractivity (Wildman–Crippen MR) is 75.1 cm³/mol. The van der Waals surface area contributed by atoms with Crippen LogP contribution in [0.3, 0.4) is 0 Å². The summed E-state index contributed by atoms with van der Waals surface area (Å²) in [5, 5.41) is 9.00. The van der Waals surface area contributed by atoms with Gasteiger partial charge in [-0.1, -0.05) is 0 Å². The van der Waals surface area contributed by atoms with Crippen molar-refractivity contribution < 1.29 is 26.7 Å². The van der Waals surface area contributed by atoms with Crippen molar-refractivity contribution in [2.45, 2.75) is 6.92 Å². The summed E-state index contributed by atoms with van der Waals surface area (Å²) >= 11 is 0. The third kappa shape index (κ3) is 4.38. The van der Waals surface area contributed by atoms with Crippen molar-refractivity contribution in [2.75, 3.05) is 22.0 Å². The molecule has 1 aromatic carbocycles. The van der Waals surface area contributed by atoms with Crippen molar-refractivity contribution in [1.29, 1.82) is 0 Å². The summed E-state index contributed by atoms with van der Waals surface area (Å²) in [4.78, 5) is 11.0. The summed E-state index contributed by atoms with van der Waals surface area (Å²) < 4.78 is 49.4. The summed E-state index contributed by atoms with van der Waals surface area (Å²) in [6.07, 6.45) is 1.78. The van der Waals surface area contributed by atoms with E-state index in [1.807, 2.05) is 0 Å². The maximum absolute atomic E-state index is 11.3. The fourth-order valence-electron chi connectivity index (χ4n) is 1.55. The lowest BCUT2D eigenvalue weighted by molar-refractivity contribution is 0.0696. The summed E-state index contributed by atoms with van der Waals surface area (Å²) in [5.74, 6) is -1.25. The van der Waals surface area contributed by atoms with Crippen LogP contribution in [0.5, 0.6) is 0 Å². The van der Waals surface area contributed by atoms with E-state index >= 15 is 0 Å². The van der Waals surface area contributed by atoms with Crippen molar-refractivity contribution in [3.8, 4) is 0 Å². The maximum Gasteiger partial charge on any atom is 0.336 e. The molecule has 0 saturated heterocycles. The minimum absolute atomic E-state index is 0.0413. The molecular formula is C10H14N2O6S2. The molecule has 3 N–H and O–H groups in total. The Morgan fingerprint density at radius 3 is 1.95 bits per heavy atom. The average Bonchev–Trinajstić information content (AvgIpc) is 2.19. The molecule has 0 unspecified atom stereocenters. The Bertz CT molecular complexity index is 752. The van der Waals surface area contributed by atoms with E-state index in [4.69, 9.17) is 5.11 Å². The molecular weight excluding hydrogens is 308 g/mol. The van der Waals surface area contributed by atoms with Crippen LogP contribution in [-0.4, -0.2) is 40.4 Å². The smallest absolute Gasteiger partial charge is 0.336 e. The maximum atomic E-state index is 11.3. The van der Waals surface area contributed by atoms with Crippen molar-refractivity contribution in [2.24, 2.45) is 0 Å². The fourth-order valence-corrected chi connectivity index (χ4v) is 2.75. The second-order valence-corrected chi connectivity index (χ2v) is 7.71. The number of aromatic carboxylic acids is 1. The van der Waals surface area contributed by atoms with Crippen LogP contribution in [0.1, 0.15) is 15.9 Å². The zero-order chi connectivity index (χ0) is 15.7. The molecule has 0 radical (unpaired) electrons. The number of carbonyl (C=O) groups is 1. The highest BCUT2D eigenvalue weighted by atomic mass is 32.2. The summed E-state index contributed by atoms with van der Waals surface area (Å²) in [5.41, 5.74) is -0.176. The number of carboxylic acids is 1. The van der Waals surface area contributed by atoms with E-state index in [1.54, 1.807) is 0 Å². The molecule has 112 valence electrons. The van der Waals surface area contributed by atoms with Gasteiger partial charge in [0.05, 0.1) is 29.4 Å². The molecule has 1 rings (SSSR count). The standard InChI is InChI=1S/C10H14N2O6S2/c1-6-7(10(13)14)4-5-8(11-19(2,15)16)9(6)12-20(3,17)18/h4-5,11-12H,1-3H3,(H,13,14). The lowest BCUT2D eigenvalue weighted by atomic mass is 10.1. The Hall–Kier alpha value is -1.81. The zero-order valence-electron chi connectivity index (χ0n) is 11.0. The number of benzene rings is 1. The highest BCUT2D eigenvalue weighted by Gasteiger charge is 2.18. The van der Waals surface area contributed by atoms with Crippen molar-refractivity contribution in [3.63, 3.8) is 0 Å². The summed E-state index contributed by atoms with van der Waals surface area (Å²) in [7, 11) is -7.34. The molecule has 8 nitrogen and oxygen atoms in total. The molecule has 0 atom stereocenters. The fraction of sp³-hybridized carbons (Fsp3) is 0.300. The van der Waals surface area contributed by atoms with Crippen LogP contribution in [0.25, 0.3) is 0 Å². The number of sulfonamides is 2. The van der Waals surface area contributed by atoms with Gasteiger partial charge in [-0.25, -0.2) is 21.6 Å². The number of hydrogen-bond donors (Lipinski definition) is 3. The van der Waals surface area contributed by atoms with Crippen LogP contribution < -0.4 is 9.44 Å². The highest BCUT2D eigenvalue weighted by molar-refractivity contribution is 7.92. The van der Waals surface area contributed by atoms with Gasteiger partial charge in [0.2, 0.25) is 20.0 Å². The number of rotatable bonds is 5. The van der Waals surface area contributed by atoms with Crippen LogP contribution in [0.15, 0.2) is 12.1 Å². The number of nitrogens with one attached hydrogen (secondary N) is 2. The molecule has 10 heteroatoms. The van der Waals surface area contributed by atoms with E-state index in [9.17, 15) is 21.6 Å². The van der Waals surface area contributed by atoms with Crippen molar-refractivity contribution >= 4 is 37.4 Å². The molecule has 0 spiro atoms. The first-order valence-electron chi connectivity index (χ1n) is 5.23. The molecule has 0 aliphatic heterocycles. The molecule has 20 heavy (non-hydrogen) atoms. The van der Waals surface area contributed by atoms with Gasteiger partial charge in [0.1, 0.15) is 0 Å². The topological polar surface area (TPSA) is 130 Å². The van der Waals surface area contributed by atoms with Crippen LogP contribution in [-0.2, 0) is 20.0 Å². The molecule has 0 amide bonds. The Kier molecular flexibility index (Phi) is 4.30. The van der Waals surface area contributed by atoms with Gasteiger partial charge in [0, 0.05) is 0 Å². The van der Waals surface area contributed by atoms with Crippen molar-refractivity contribution in [3.05, 3.63) is 23.3 Å². The Morgan fingerprint density at radius 2 is 1.55 bits per heavy atom. The van der Waals surface area contributed by atoms with Gasteiger partial charge >= 0.3 is 5.97 Å². The van der Waals surface area contributed by atoms with Crippen LogP contribution in [0.4, 0.5) is 11.4 Å². The first-order valence-corrected chi connectivity index (χ1v) is 9.01. The molecule has 0 fully saturated rings. The Morgan fingerprint density at radius 1 is 1.05 bits per heavy atom. The monoisotopic (exact) mass is 322 g/mol. The first kappa shape index (κ1) is 16.2.